The Kier molecular flexibility index (Phi) is 3.59. The Morgan fingerprint density at radius 1 is 1.44 bits per heavy atom. The molecule has 1 saturated heterocycles. The molecule has 1 fully saturated rings. The fourth-order valence-electron chi connectivity index (χ4n) is 2.18. The standard InChI is InChI=1S/C11H16N4O3/c1-9-12-7-10(15(17)18)14(9)8-11(16)13-5-3-2-4-6-13/h7H,2-6,8H2,1H3. The molecule has 0 atom stereocenters. The van der Waals surface area contributed by atoms with Crippen molar-refractivity contribution in [1.82, 2.24) is 14.5 Å². The molecule has 1 aliphatic heterocycles. The highest BCUT2D eigenvalue weighted by molar-refractivity contribution is 5.76. The van der Waals surface area contributed by atoms with Crippen molar-refractivity contribution < 1.29 is 9.72 Å². The summed E-state index contributed by atoms with van der Waals surface area (Å²) in [5.74, 6) is 0.295. The Morgan fingerprint density at radius 2 is 2.11 bits per heavy atom. The maximum Gasteiger partial charge on any atom is 0.343 e. The summed E-state index contributed by atoms with van der Waals surface area (Å²) in [6, 6.07) is 0. The van der Waals surface area contributed by atoms with Crippen molar-refractivity contribution in [1.29, 1.82) is 0 Å². The lowest BCUT2D eigenvalue weighted by molar-refractivity contribution is -0.392. The van der Waals surface area contributed by atoms with E-state index in [2.05, 4.69) is 4.98 Å². The zero-order valence-corrected chi connectivity index (χ0v) is 10.3. The van der Waals surface area contributed by atoms with Gasteiger partial charge in [-0.15, -0.1) is 0 Å². The highest BCUT2D eigenvalue weighted by atomic mass is 16.6. The monoisotopic (exact) mass is 252 g/mol. The van der Waals surface area contributed by atoms with Gasteiger partial charge in [-0.2, -0.15) is 0 Å². The molecule has 0 unspecified atom stereocenters. The van der Waals surface area contributed by atoms with E-state index < -0.39 is 4.92 Å². The van der Waals surface area contributed by atoms with Gasteiger partial charge in [0, 0.05) is 20.0 Å². The SMILES string of the molecule is Cc1ncc([N+](=O)[O-])n1CC(=O)N1CCCCC1. The van der Waals surface area contributed by atoms with Crippen LogP contribution in [-0.4, -0.2) is 38.4 Å². The van der Waals surface area contributed by atoms with Gasteiger partial charge < -0.3 is 15.0 Å². The van der Waals surface area contributed by atoms with Crippen molar-refractivity contribution in [3.63, 3.8) is 0 Å². The highest BCUT2D eigenvalue weighted by Crippen LogP contribution is 2.15. The van der Waals surface area contributed by atoms with Crippen LogP contribution in [0.2, 0.25) is 0 Å². The van der Waals surface area contributed by atoms with E-state index in [1.807, 2.05) is 0 Å². The Bertz CT molecular complexity index is 463. The predicted octanol–water partition coefficient (Wildman–Crippen LogP) is 1.11. The zero-order valence-electron chi connectivity index (χ0n) is 10.3. The molecule has 0 spiro atoms. The zero-order chi connectivity index (χ0) is 13.1. The second kappa shape index (κ2) is 5.16. The van der Waals surface area contributed by atoms with Crippen LogP contribution in [0.4, 0.5) is 5.82 Å². The summed E-state index contributed by atoms with van der Waals surface area (Å²) >= 11 is 0. The van der Waals surface area contributed by atoms with Crippen molar-refractivity contribution in [3.8, 4) is 0 Å². The topological polar surface area (TPSA) is 81.3 Å². The van der Waals surface area contributed by atoms with Crippen molar-refractivity contribution in [2.24, 2.45) is 0 Å². The van der Waals surface area contributed by atoms with Crippen molar-refractivity contribution >= 4 is 11.7 Å². The van der Waals surface area contributed by atoms with E-state index >= 15 is 0 Å². The molecule has 0 saturated carbocycles. The van der Waals surface area contributed by atoms with E-state index in [0.29, 0.717) is 5.82 Å². The molecule has 2 heterocycles. The summed E-state index contributed by atoms with van der Waals surface area (Å²) < 4.78 is 1.36. The number of nitro groups is 1. The lowest BCUT2D eigenvalue weighted by atomic mass is 10.1. The van der Waals surface area contributed by atoms with Gasteiger partial charge in [-0.05, 0) is 24.2 Å². The molecule has 1 amide bonds. The number of nitrogens with zero attached hydrogens (tertiary/aromatic N) is 4. The maximum absolute atomic E-state index is 12.0. The number of imidazole rings is 1. The molecule has 98 valence electrons. The van der Waals surface area contributed by atoms with Crippen molar-refractivity contribution in [3.05, 3.63) is 22.1 Å². The van der Waals surface area contributed by atoms with E-state index in [0.717, 1.165) is 32.4 Å². The highest BCUT2D eigenvalue weighted by Gasteiger charge is 2.24. The second-order valence-corrected chi connectivity index (χ2v) is 4.45. The minimum absolute atomic E-state index is 0.00213. The van der Waals surface area contributed by atoms with Crippen LogP contribution < -0.4 is 0 Å². The molecule has 1 aliphatic rings. The average Bonchev–Trinajstić information content (AvgIpc) is 2.72. The van der Waals surface area contributed by atoms with Crippen molar-refractivity contribution in [2.75, 3.05) is 13.1 Å². The number of amides is 1. The lowest BCUT2D eigenvalue weighted by Gasteiger charge is -2.26. The van der Waals surface area contributed by atoms with Gasteiger partial charge in [0.15, 0.2) is 12.4 Å². The molecular formula is C11H16N4O3. The van der Waals surface area contributed by atoms with Crippen LogP contribution in [0, 0.1) is 17.0 Å². The van der Waals surface area contributed by atoms with Crippen LogP contribution in [0.3, 0.4) is 0 Å². The first-order chi connectivity index (χ1) is 8.59. The molecule has 0 N–H and O–H groups in total. The number of carbonyl (C=O) groups is 1. The van der Waals surface area contributed by atoms with Gasteiger partial charge in [0.2, 0.25) is 0 Å². The Balaban J connectivity index is 2.10. The molecule has 0 aromatic carbocycles. The minimum atomic E-state index is -0.510. The van der Waals surface area contributed by atoms with Crippen LogP contribution in [0.5, 0.6) is 0 Å². The molecule has 0 bridgehead atoms. The van der Waals surface area contributed by atoms with Gasteiger partial charge in [0.05, 0.1) is 0 Å². The summed E-state index contributed by atoms with van der Waals surface area (Å²) in [6.45, 7) is 3.17. The van der Waals surface area contributed by atoms with E-state index in [1.54, 1.807) is 11.8 Å². The number of hydrogen-bond donors (Lipinski definition) is 0. The van der Waals surface area contributed by atoms with Gasteiger partial charge in [-0.1, -0.05) is 0 Å². The second-order valence-electron chi connectivity index (χ2n) is 4.45. The number of rotatable bonds is 3. The average molecular weight is 252 g/mol. The Hall–Kier alpha value is -1.92. The quantitative estimate of drug-likeness (QED) is 0.596. The van der Waals surface area contributed by atoms with Crippen LogP contribution in [0.15, 0.2) is 6.20 Å². The summed E-state index contributed by atoms with van der Waals surface area (Å²) in [6.07, 6.45) is 4.36. The molecule has 18 heavy (non-hydrogen) atoms. The molecule has 7 heteroatoms. The normalized spacial score (nSPS) is 15.7. The molecule has 1 aromatic rings. The third kappa shape index (κ3) is 2.49. The fraction of sp³-hybridized carbons (Fsp3) is 0.636. The number of piperidine rings is 1. The van der Waals surface area contributed by atoms with E-state index in [-0.39, 0.29) is 18.3 Å². The molecule has 0 aliphatic carbocycles. The number of carbonyl (C=O) groups excluding carboxylic acids is 1. The Labute approximate surface area is 105 Å². The first-order valence-electron chi connectivity index (χ1n) is 6.04. The van der Waals surface area contributed by atoms with E-state index in [4.69, 9.17) is 0 Å². The number of hydrogen-bond acceptors (Lipinski definition) is 4. The van der Waals surface area contributed by atoms with E-state index in [1.165, 1.54) is 10.8 Å². The smallest absolute Gasteiger partial charge is 0.343 e. The Morgan fingerprint density at radius 3 is 2.72 bits per heavy atom. The van der Waals surface area contributed by atoms with Gasteiger partial charge in [0.25, 0.3) is 5.91 Å². The summed E-state index contributed by atoms with van der Waals surface area (Å²) in [5, 5.41) is 10.8. The van der Waals surface area contributed by atoms with Gasteiger partial charge in [0.1, 0.15) is 6.20 Å². The number of aryl methyl sites for hydroxylation is 1. The van der Waals surface area contributed by atoms with Crippen LogP contribution >= 0.6 is 0 Å². The first-order valence-corrected chi connectivity index (χ1v) is 6.04. The molecular weight excluding hydrogens is 236 g/mol. The largest absolute Gasteiger partial charge is 0.358 e. The van der Waals surface area contributed by atoms with Gasteiger partial charge in [-0.25, -0.2) is 9.55 Å². The van der Waals surface area contributed by atoms with Crippen LogP contribution in [0.1, 0.15) is 25.1 Å². The maximum atomic E-state index is 12.0. The summed E-state index contributed by atoms with van der Waals surface area (Å²) in [4.78, 5) is 28.0. The number of aromatic nitrogens is 2. The molecule has 7 nitrogen and oxygen atoms in total. The molecule has 1 aromatic heterocycles. The summed E-state index contributed by atoms with van der Waals surface area (Å²) in [5.41, 5.74) is 0. The molecule has 0 radical (unpaired) electrons. The van der Waals surface area contributed by atoms with Crippen LogP contribution in [0.25, 0.3) is 0 Å². The first kappa shape index (κ1) is 12.5. The fourth-order valence-corrected chi connectivity index (χ4v) is 2.18. The molecule has 2 rings (SSSR count). The van der Waals surface area contributed by atoms with Gasteiger partial charge in [-0.3, -0.25) is 4.79 Å². The van der Waals surface area contributed by atoms with E-state index in [9.17, 15) is 14.9 Å². The minimum Gasteiger partial charge on any atom is -0.358 e. The van der Waals surface area contributed by atoms with Crippen molar-refractivity contribution in [2.45, 2.75) is 32.7 Å². The van der Waals surface area contributed by atoms with Crippen LogP contribution in [-0.2, 0) is 11.3 Å². The third-order valence-electron chi connectivity index (χ3n) is 3.22. The summed E-state index contributed by atoms with van der Waals surface area (Å²) in [7, 11) is 0. The number of likely N-dealkylation sites (tertiary alicyclic amines) is 1. The van der Waals surface area contributed by atoms with Gasteiger partial charge >= 0.3 is 5.82 Å². The third-order valence-corrected chi connectivity index (χ3v) is 3.22. The lowest BCUT2D eigenvalue weighted by Crippen LogP contribution is -2.38. The predicted molar refractivity (Wildman–Crippen MR) is 64.0 cm³/mol.